The molecular formula is C33H38FN7O4S. The highest BCUT2D eigenvalue weighted by atomic mass is 32.2. The number of nitrogens with zero attached hydrogens (tertiary/aromatic N) is 6. The highest BCUT2D eigenvalue weighted by molar-refractivity contribution is 7.91. The molecule has 1 aliphatic rings. The van der Waals surface area contributed by atoms with Gasteiger partial charge in [-0.3, -0.25) is 0 Å². The monoisotopic (exact) mass is 647 g/mol. The first-order chi connectivity index (χ1) is 21.6. The summed E-state index contributed by atoms with van der Waals surface area (Å²) in [5.41, 5.74) is 4.24. The number of hydrogen-bond acceptors (Lipinski definition) is 10. The number of benzene rings is 3. The van der Waals surface area contributed by atoms with Crippen LogP contribution in [0.5, 0.6) is 0 Å². The zero-order valence-corrected chi connectivity index (χ0v) is 26.9. The quantitative estimate of drug-likeness (QED) is 0.257. The summed E-state index contributed by atoms with van der Waals surface area (Å²) < 4.78 is 42.0. The highest BCUT2D eigenvalue weighted by Gasteiger charge is 2.25. The number of piperazine rings is 1. The molecule has 0 radical (unpaired) electrons. The second kappa shape index (κ2) is 14.7. The van der Waals surface area contributed by atoms with Gasteiger partial charge in [0.1, 0.15) is 0 Å². The van der Waals surface area contributed by atoms with Gasteiger partial charge in [-0.05, 0) is 61.0 Å². The van der Waals surface area contributed by atoms with E-state index in [1.807, 2.05) is 26.1 Å². The van der Waals surface area contributed by atoms with Gasteiger partial charge in [-0.1, -0.05) is 37.3 Å². The van der Waals surface area contributed by atoms with Crippen LogP contribution in [-0.4, -0.2) is 72.8 Å². The van der Waals surface area contributed by atoms with Crippen LogP contribution >= 0.6 is 0 Å². The van der Waals surface area contributed by atoms with E-state index >= 15 is 4.39 Å². The van der Waals surface area contributed by atoms with Crippen LogP contribution in [0.3, 0.4) is 0 Å². The highest BCUT2D eigenvalue weighted by Crippen LogP contribution is 2.34. The number of anilines is 5. The van der Waals surface area contributed by atoms with Crippen LogP contribution in [0, 0.1) is 24.1 Å². The van der Waals surface area contributed by atoms with Gasteiger partial charge in [0, 0.05) is 37.6 Å². The maximum atomic E-state index is 15.6. The third-order valence-corrected chi connectivity index (χ3v) is 9.73. The van der Waals surface area contributed by atoms with E-state index in [-0.39, 0.29) is 41.0 Å². The summed E-state index contributed by atoms with van der Waals surface area (Å²) >= 11 is 0. The van der Waals surface area contributed by atoms with E-state index in [0.29, 0.717) is 46.8 Å². The molecule has 5 rings (SSSR count). The van der Waals surface area contributed by atoms with Crippen molar-refractivity contribution < 1.29 is 23.4 Å². The maximum absolute atomic E-state index is 15.6. The van der Waals surface area contributed by atoms with Crippen LogP contribution in [0.25, 0.3) is 0 Å². The summed E-state index contributed by atoms with van der Waals surface area (Å²) in [6, 6.07) is 19.8. The molecule has 0 bridgehead atoms. The Bertz CT molecular complexity index is 1840. The zero-order valence-electron chi connectivity index (χ0n) is 26.0. The molecule has 1 saturated heterocycles. The Morgan fingerprint density at radius 1 is 1.09 bits per heavy atom. The fourth-order valence-corrected chi connectivity index (χ4v) is 6.43. The second-order valence-electron chi connectivity index (χ2n) is 11.0. The molecule has 2 heterocycles. The normalized spacial score (nSPS) is 13.5. The number of aliphatic hydroxyl groups is 1. The third kappa shape index (κ3) is 7.43. The second-order valence-corrected chi connectivity index (χ2v) is 13.2. The minimum atomic E-state index is -3.57. The van der Waals surface area contributed by atoms with E-state index in [1.165, 1.54) is 0 Å². The molecule has 3 aromatic carbocycles. The lowest BCUT2D eigenvalue weighted by Crippen LogP contribution is -2.45. The molecule has 0 atom stereocenters. The first kappa shape index (κ1) is 34.3. The maximum Gasteiger partial charge on any atom is 0.229 e. The summed E-state index contributed by atoms with van der Waals surface area (Å²) in [7, 11) is -1.53. The van der Waals surface area contributed by atoms with Crippen molar-refractivity contribution in [1.29, 1.82) is 5.26 Å². The number of halogens is 1. The Labute approximate surface area is 268 Å². The van der Waals surface area contributed by atoms with Gasteiger partial charge < -0.3 is 30.6 Å². The molecule has 0 saturated carbocycles. The molecular weight excluding hydrogens is 609 g/mol. The molecule has 4 aromatic rings. The minimum Gasteiger partial charge on any atom is -0.412 e. The van der Waals surface area contributed by atoms with E-state index < -0.39 is 15.7 Å². The molecule has 46 heavy (non-hydrogen) atoms. The van der Waals surface area contributed by atoms with Crippen molar-refractivity contribution in [3.63, 3.8) is 0 Å². The van der Waals surface area contributed by atoms with E-state index in [1.54, 1.807) is 60.4 Å². The standard InChI is InChI=1S/C33H36FN7O3S.H2O/c1-4-45(43,44)31-18-27(11-12-29(31)40-15-13-39(3)14-16-40)37-33-36-20-28(34)32(38-33)41(21-26-8-6-5-7-25(26)19-35)30-17-24(22-42)10-9-23(30)2;/h5-12,17-18,20,42H,4,13-16,21-22H2,1-3H3,(H,36,37,38);1H2. The lowest BCUT2D eigenvalue weighted by atomic mass is 10.1. The van der Waals surface area contributed by atoms with Crippen molar-refractivity contribution in [2.75, 3.05) is 54.1 Å². The van der Waals surface area contributed by atoms with Gasteiger partial charge in [-0.2, -0.15) is 10.2 Å². The topological polar surface area (TPSA) is 157 Å². The Balaban J connectivity index is 0.00000480. The summed E-state index contributed by atoms with van der Waals surface area (Å²) in [4.78, 5) is 14.9. The average molecular weight is 648 g/mol. The van der Waals surface area contributed by atoms with Crippen molar-refractivity contribution in [2.24, 2.45) is 0 Å². The first-order valence-electron chi connectivity index (χ1n) is 14.7. The summed E-state index contributed by atoms with van der Waals surface area (Å²) in [6.07, 6.45) is 1.06. The summed E-state index contributed by atoms with van der Waals surface area (Å²) in [6.45, 7) is 6.47. The van der Waals surface area contributed by atoms with Gasteiger partial charge in [-0.25, -0.2) is 17.8 Å². The van der Waals surface area contributed by atoms with Crippen molar-refractivity contribution in [3.05, 3.63) is 94.9 Å². The smallest absolute Gasteiger partial charge is 0.229 e. The van der Waals surface area contributed by atoms with Crippen LogP contribution in [0.2, 0.25) is 0 Å². The van der Waals surface area contributed by atoms with E-state index in [9.17, 15) is 18.8 Å². The minimum absolute atomic E-state index is 0. The van der Waals surface area contributed by atoms with Gasteiger partial charge in [0.15, 0.2) is 21.5 Å². The molecule has 0 spiro atoms. The van der Waals surface area contributed by atoms with Gasteiger partial charge in [-0.15, -0.1) is 0 Å². The SMILES string of the molecule is CCS(=O)(=O)c1cc(Nc2ncc(F)c(N(Cc3ccccc3C#N)c3cc(CO)ccc3C)n2)ccc1N1CCN(C)CC1.O. The fraction of sp³-hybridized carbons (Fsp3) is 0.303. The van der Waals surface area contributed by atoms with Crippen LogP contribution < -0.4 is 15.1 Å². The number of sulfone groups is 1. The van der Waals surface area contributed by atoms with Crippen molar-refractivity contribution in [1.82, 2.24) is 14.9 Å². The molecule has 0 unspecified atom stereocenters. The Morgan fingerprint density at radius 3 is 2.52 bits per heavy atom. The van der Waals surface area contributed by atoms with Crippen molar-refractivity contribution in [3.8, 4) is 6.07 Å². The number of aliphatic hydroxyl groups excluding tert-OH is 1. The first-order valence-corrected chi connectivity index (χ1v) is 16.3. The molecule has 11 nitrogen and oxygen atoms in total. The molecule has 1 fully saturated rings. The van der Waals surface area contributed by atoms with Gasteiger partial charge in [0.2, 0.25) is 5.95 Å². The van der Waals surface area contributed by atoms with Crippen LogP contribution in [0.1, 0.15) is 29.2 Å². The summed E-state index contributed by atoms with van der Waals surface area (Å²) in [5.74, 6) is -0.731. The Kier molecular flexibility index (Phi) is 10.9. The largest absolute Gasteiger partial charge is 0.412 e. The number of likely N-dealkylation sites (N-methyl/N-ethyl adjacent to an activating group) is 1. The molecule has 0 aliphatic carbocycles. The lowest BCUT2D eigenvalue weighted by molar-refractivity contribution is 0.282. The van der Waals surface area contributed by atoms with E-state index in [0.717, 1.165) is 24.8 Å². The number of aromatic nitrogens is 2. The predicted molar refractivity (Wildman–Crippen MR) is 177 cm³/mol. The zero-order chi connectivity index (χ0) is 32.1. The van der Waals surface area contributed by atoms with E-state index in [4.69, 9.17) is 0 Å². The Hall–Kier alpha value is -4.61. The van der Waals surface area contributed by atoms with Gasteiger partial charge in [0.25, 0.3) is 0 Å². The number of rotatable bonds is 10. The lowest BCUT2D eigenvalue weighted by Gasteiger charge is -2.35. The number of hydrogen-bond donors (Lipinski definition) is 2. The molecule has 1 aromatic heterocycles. The van der Waals surface area contributed by atoms with E-state index in [2.05, 4.69) is 31.2 Å². The average Bonchev–Trinajstić information content (AvgIpc) is 3.05. The van der Waals surface area contributed by atoms with Crippen molar-refractivity contribution >= 4 is 38.7 Å². The Morgan fingerprint density at radius 2 is 1.83 bits per heavy atom. The van der Waals surface area contributed by atoms with Crippen LogP contribution in [-0.2, 0) is 23.0 Å². The van der Waals surface area contributed by atoms with Crippen molar-refractivity contribution in [2.45, 2.75) is 31.9 Å². The van der Waals surface area contributed by atoms with Gasteiger partial charge in [0.05, 0.1) is 47.3 Å². The molecule has 1 aliphatic heterocycles. The molecule has 13 heteroatoms. The van der Waals surface area contributed by atoms with Gasteiger partial charge >= 0.3 is 0 Å². The molecule has 242 valence electrons. The molecule has 0 amide bonds. The fourth-order valence-electron chi connectivity index (χ4n) is 5.30. The van der Waals surface area contributed by atoms with Crippen LogP contribution in [0.15, 0.2) is 71.8 Å². The number of nitriles is 1. The predicted octanol–water partition coefficient (Wildman–Crippen LogP) is 4.09. The number of nitrogens with one attached hydrogen (secondary N) is 1. The third-order valence-electron chi connectivity index (χ3n) is 7.97. The molecule has 4 N–H and O–H groups in total. The summed E-state index contributed by atoms with van der Waals surface area (Å²) in [5, 5.41) is 22.6. The van der Waals surface area contributed by atoms with Crippen LogP contribution in [0.4, 0.5) is 33.2 Å². The number of aryl methyl sites for hydroxylation is 1.